The predicted molar refractivity (Wildman–Crippen MR) is 72.2 cm³/mol. The zero-order valence-corrected chi connectivity index (χ0v) is 11.8. The van der Waals surface area contributed by atoms with E-state index in [1.54, 1.807) is 4.68 Å². The average Bonchev–Trinajstić information content (AvgIpc) is 2.95. The summed E-state index contributed by atoms with van der Waals surface area (Å²) in [5, 5.41) is 18.8. The first-order valence-electron chi connectivity index (χ1n) is 6.71. The number of aryl methyl sites for hydroxylation is 2. The number of urea groups is 1. The van der Waals surface area contributed by atoms with Gasteiger partial charge >= 0.3 is 12.0 Å². The number of amides is 2. The van der Waals surface area contributed by atoms with Crippen LogP contribution in [-0.4, -0.2) is 32.4 Å². The molecule has 1 aliphatic rings. The number of nitrogens with one attached hydrogen (secondary N) is 2. The molecule has 2 amide bonds. The molecule has 0 bridgehead atoms. The number of carboxylic acids is 1. The van der Waals surface area contributed by atoms with E-state index in [4.69, 9.17) is 0 Å². The first-order valence-corrected chi connectivity index (χ1v) is 6.71. The Hall–Kier alpha value is -2.05. The van der Waals surface area contributed by atoms with Crippen molar-refractivity contribution in [3.63, 3.8) is 0 Å². The van der Waals surface area contributed by atoms with Crippen LogP contribution in [0.4, 0.5) is 4.79 Å². The van der Waals surface area contributed by atoms with Crippen molar-refractivity contribution in [3.8, 4) is 0 Å². The zero-order valence-electron chi connectivity index (χ0n) is 11.8. The van der Waals surface area contributed by atoms with Gasteiger partial charge in [0.2, 0.25) is 0 Å². The summed E-state index contributed by atoms with van der Waals surface area (Å²) < 4.78 is 1.68. The highest BCUT2D eigenvalue weighted by molar-refractivity contribution is 5.86. The van der Waals surface area contributed by atoms with Gasteiger partial charge < -0.3 is 15.7 Å². The molecule has 0 radical (unpaired) electrons. The number of aliphatic carboxylic acids is 1. The average molecular weight is 280 g/mol. The topological polar surface area (TPSA) is 96.3 Å². The van der Waals surface area contributed by atoms with Crippen LogP contribution in [0.25, 0.3) is 0 Å². The summed E-state index contributed by atoms with van der Waals surface area (Å²) in [4.78, 5) is 23.2. The lowest BCUT2D eigenvalue weighted by molar-refractivity contribution is -0.144. The summed E-state index contributed by atoms with van der Waals surface area (Å²) in [5.41, 5.74) is 0.661. The second-order valence-electron chi connectivity index (χ2n) is 5.32. The summed E-state index contributed by atoms with van der Waals surface area (Å²) in [6.45, 7) is 2.20. The van der Waals surface area contributed by atoms with Crippen LogP contribution in [-0.2, 0) is 18.4 Å². The van der Waals surface area contributed by atoms with E-state index >= 15 is 0 Å². The van der Waals surface area contributed by atoms with Crippen LogP contribution >= 0.6 is 0 Å². The van der Waals surface area contributed by atoms with Gasteiger partial charge in [0, 0.05) is 25.4 Å². The molecule has 20 heavy (non-hydrogen) atoms. The van der Waals surface area contributed by atoms with Crippen LogP contribution in [0.1, 0.15) is 36.9 Å². The summed E-state index contributed by atoms with van der Waals surface area (Å²) in [6.07, 6.45) is 4.46. The van der Waals surface area contributed by atoms with Crippen molar-refractivity contribution in [2.75, 3.05) is 0 Å². The maximum absolute atomic E-state index is 11.9. The van der Waals surface area contributed by atoms with Crippen LogP contribution in [0.2, 0.25) is 0 Å². The summed E-state index contributed by atoms with van der Waals surface area (Å²) in [6, 6.07) is -0.447. The Morgan fingerprint density at radius 1 is 1.45 bits per heavy atom. The zero-order chi connectivity index (χ0) is 14.8. The molecule has 3 N–H and O–H groups in total. The standard InChI is InChI=1S/C13H20N4O3/c1-9-10(8-17(2)16-9)7-14-12(20)15-13(11(18)19)5-3-4-6-13/h8H,3-7H2,1-2H3,(H,18,19)(H2,14,15,20). The lowest BCUT2D eigenvalue weighted by atomic mass is 9.98. The highest BCUT2D eigenvalue weighted by Crippen LogP contribution is 2.29. The Kier molecular flexibility index (Phi) is 3.96. The molecule has 1 aliphatic carbocycles. The highest BCUT2D eigenvalue weighted by atomic mass is 16.4. The van der Waals surface area contributed by atoms with Crippen molar-refractivity contribution < 1.29 is 14.7 Å². The number of nitrogens with zero attached hydrogens (tertiary/aromatic N) is 2. The minimum absolute atomic E-state index is 0.335. The van der Waals surface area contributed by atoms with Gasteiger partial charge in [-0.1, -0.05) is 12.8 Å². The number of carboxylic acid groups (broad SMARTS) is 1. The number of aromatic nitrogens is 2. The van der Waals surface area contributed by atoms with Crippen LogP contribution in [0.5, 0.6) is 0 Å². The van der Waals surface area contributed by atoms with Crippen molar-refractivity contribution in [1.29, 1.82) is 0 Å². The third kappa shape index (κ3) is 2.92. The van der Waals surface area contributed by atoms with Gasteiger partial charge in [-0.3, -0.25) is 4.68 Å². The van der Waals surface area contributed by atoms with Gasteiger partial charge in [0.15, 0.2) is 0 Å². The molecular formula is C13H20N4O3. The number of carbonyl (C=O) groups is 2. The summed E-state index contributed by atoms with van der Waals surface area (Å²) >= 11 is 0. The Morgan fingerprint density at radius 3 is 2.60 bits per heavy atom. The smallest absolute Gasteiger partial charge is 0.329 e. The van der Waals surface area contributed by atoms with Gasteiger partial charge in [0.25, 0.3) is 0 Å². The number of carbonyl (C=O) groups excluding carboxylic acids is 1. The van der Waals surface area contributed by atoms with E-state index in [0.717, 1.165) is 24.1 Å². The molecule has 110 valence electrons. The first-order chi connectivity index (χ1) is 9.43. The minimum atomic E-state index is -1.10. The minimum Gasteiger partial charge on any atom is -0.480 e. The predicted octanol–water partition coefficient (Wildman–Crippen LogP) is 0.925. The molecule has 2 rings (SSSR count). The normalized spacial score (nSPS) is 16.9. The first kappa shape index (κ1) is 14.4. The summed E-state index contributed by atoms with van der Waals surface area (Å²) in [7, 11) is 1.81. The van der Waals surface area contributed by atoms with Gasteiger partial charge in [-0.05, 0) is 19.8 Å². The molecular weight excluding hydrogens is 260 g/mol. The fourth-order valence-electron chi connectivity index (χ4n) is 2.63. The number of rotatable bonds is 4. The molecule has 0 aromatic carbocycles. The van der Waals surface area contributed by atoms with Crippen LogP contribution in [0.15, 0.2) is 6.20 Å². The van der Waals surface area contributed by atoms with Crippen LogP contribution in [0.3, 0.4) is 0 Å². The number of hydrogen-bond acceptors (Lipinski definition) is 3. The molecule has 7 nitrogen and oxygen atoms in total. The van der Waals surface area contributed by atoms with Crippen LogP contribution in [0, 0.1) is 6.92 Å². The van der Waals surface area contributed by atoms with Crippen molar-refractivity contribution >= 4 is 12.0 Å². The molecule has 0 unspecified atom stereocenters. The monoisotopic (exact) mass is 280 g/mol. The van der Waals surface area contributed by atoms with Gasteiger partial charge in [-0.15, -0.1) is 0 Å². The van der Waals surface area contributed by atoms with Crippen molar-refractivity contribution in [3.05, 3.63) is 17.5 Å². The van der Waals surface area contributed by atoms with E-state index in [2.05, 4.69) is 15.7 Å². The highest BCUT2D eigenvalue weighted by Gasteiger charge is 2.42. The van der Waals surface area contributed by atoms with Gasteiger partial charge in [0.1, 0.15) is 5.54 Å². The Bertz CT molecular complexity index is 518. The lowest BCUT2D eigenvalue weighted by Crippen LogP contribution is -2.55. The van der Waals surface area contributed by atoms with Gasteiger partial charge in [0.05, 0.1) is 5.69 Å². The molecule has 1 saturated carbocycles. The molecule has 0 aliphatic heterocycles. The third-order valence-corrected chi connectivity index (χ3v) is 3.77. The van der Waals surface area contributed by atoms with E-state index < -0.39 is 17.5 Å². The fraction of sp³-hybridized carbons (Fsp3) is 0.615. The van der Waals surface area contributed by atoms with Crippen molar-refractivity contribution in [1.82, 2.24) is 20.4 Å². The summed E-state index contributed by atoms with van der Waals surface area (Å²) in [5.74, 6) is -0.956. The Labute approximate surface area is 117 Å². The fourth-order valence-corrected chi connectivity index (χ4v) is 2.63. The van der Waals surface area contributed by atoms with Gasteiger partial charge in [-0.2, -0.15) is 5.10 Å². The third-order valence-electron chi connectivity index (χ3n) is 3.77. The van der Waals surface area contributed by atoms with E-state index in [0.29, 0.717) is 19.4 Å². The molecule has 1 fully saturated rings. The second kappa shape index (κ2) is 5.52. The number of hydrogen-bond donors (Lipinski definition) is 3. The van der Waals surface area contributed by atoms with Crippen LogP contribution < -0.4 is 10.6 Å². The molecule has 1 aromatic heterocycles. The Balaban J connectivity index is 1.92. The van der Waals surface area contributed by atoms with E-state index in [9.17, 15) is 14.7 Å². The lowest BCUT2D eigenvalue weighted by Gasteiger charge is -2.25. The molecule has 0 saturated heterocycles. The molecule has 0 atom stereocenters. The largest absolute Gasteiger partial charge is 0.480 e. The molecule has 7 heteroatoms. The quantitative estimate of drug-likeness (QED) is 0.764. The van der Waals surface area contributed by atoms with Crippen molar-refractivity contribution in [2.24, 2.45) is 7.05 Å². The molecule has 0 spiro atoms. The maximum Gasteiger partial charge on any atom is 0.329 e. The molecule has 1 heterocycles. The van der Waals surface area contributed by atoms with E-state index in [-0.39, 0.29) is 0 Å². The molecule has 1 aromatic rings. The van der Waals surface area contributed by atoms with Crippen molar-refractivity contribution in [2.45, 2.75) is 44.7 Å². The van der Waals surface area contributed by atoms with E-state index in [1.807, 2.05) is 20.2 Å². The maximum atomic E-state index is 11.9. The van der Waals surface area contributed by atoms with Gasteiger partial charge in [-0.25, -0.2) is 9.59 Å². The van der Waals surface area contributed by atoms with E-state index in [1.165, 1.54) is 0 Å². The SMILES string of the molecule is Cc1nn(C)cc1CNC(=O)NC1(C(=O)O)CCCC1. The second-order valence-corrected chi connectivity index (χ2v) is 5.32. The Morgan fingerprint density at radius 2 is 2.10 bits per heavy atom.